The number of hydrogen-bond donors (Lipinski definition) is 1. The second-order valence-corrected chi connectivity index (χ2v) is 7.77. The molecule has 3 atom stereocenters. The highest BCUT2D eigenvalue weighted by atomic mass is 16.5. The molecule has 0 radical (unpaired) electrons. The van der Waals surface area contributed by atoms with Crippen molar-refractivity contribution in [3.8, 4) is 23.0 Å². The van der Waals surface area contributed by atoms with Gasteiger partial charge in [-0.3, -0.25) is 9.59 Å². The maximum atomic E-state index is 13.0. The normalized spacial score (nSPS) is 17.6. The number of benzene rings is 2. The van der Waals surface area contributed by atoms with Crippen molar-refractivity contribution < 1.29 is 33.3 Å². The fraction of sp³-hybridized carbons (Fsp3) is 0.385. The van der Waals surface area contributed by atoms with Crippen LogP contribution in [0.15, 0.2) is 48.6 Å². The summed E-state index contributed by atoms with van der Waals surface area (Å²) in [6, 6.07) is 10.1. The monoisotopic (exact) mass is 469 g/mol. The lowest BCUT2D eigenvalue weighted by Crippen LogP contribution is -2.34. The average molecular weight is 470 g/mol. The molecule has 0 bridgehead atoms. The Morgan fingerprint density at radius 3 is 2.24 bits per heavy atom. The van der Waals surface area contributed by atoms with E-state index >= 15 is 0 Å². The van der Waals surface area contributed by atoms with E-state index in [1.807, 2.05) is 12.2 Å². The highest BCUT2D eigenvalue weighted by Crippen LogP contribution is 2.40. The number of allylic oxidation sites excluding steroid dienone is 1. The molecule has 0 heterocycles. The van der Waals surface area contributed by atoms with Gasteiger partial charge in [0.15, 0.2) is 0 Å². The van der Waals surface area contributed by atoms with Crippen LogP contribution in [-0.4, -0.2) is 53.0 Å². The summed E-state index contributed by atoms with van der Waals surface area (Å²) in [7, 11) is 6.18. The summed E-state index contributed by atoms with van der Waals surface area (Å²) in [5, 5.41) is 3.01. The summed E-state index contributed by atoms with van der Waals surface area (Å²) in [5.41, 5.74) is 1.08. The fourth-order valence-electron chi connectivity index (χ4n) is 4.16. The van der Waals surface area contributed by atoms with E-state index in [9.17, 15) is 9.59 Å². The van der Waals surface area contributed by atoms with E-state index in [-0.39, 0.29) is 30.4 Å². The molecular formula is C26H31NO7. The van der Waals surface area contributed by atoms with Crippen molar-refractivity contribution >= 4 is 11.9 Å². The maximum absolute atomic E-state index is 13.0. The molecule has 1 aliphatic carbocycles. The zero-order chi connectivity index (χ0) is 24.7. The highest BCUT2D eigenvalue weighted by Gasteiger charge is 2.36. The zero-order valence-electron chi connectivity index (χ0n) is 20.1. The van der Waals surface area contributed by atoms with Gasteiger partial charge < -0.3 is 29.0 Å². The number of amides is 1. The quantitative estimate of drug-likeness (QED) is 0.419. The Morgan fingerprint density at radius 1 is 0.912 bits per heavy atom. The van der Waals surface area contributed by atoms with Gasteiger partial charge in [-0.05, 0) is 49.6 Å². The Morgan fingerprint density at radius 2 is 1.59 bits per heavy atom. The SMILES string of the molecule is CCOC(=O)C(c1cc(OC)ccc1OC)C1C=CC(NC(=O)c2ccc(OC)cc2OC)C1. The first-order valence-electron chi connectivity index (χ1n) is 11.0. The Kier molecular flexibility index (Phi) is 8.40. The fourth-order valence-corrected chi connectivity index (χ4v) is 4.16. The van der Waals surface area contributed by atoms with E-state index < -0.39 is 5.92 Å². The summed E-state index contributed by atoms with van der Waals surface area (Å²) in [6.07, 6.45) is 4.36. The van der Waals surface area contributed by atoms with Crippen LogP contribution in [0.5, 0.6) is 23.0 Å². The zero-order valence-corrected chi connectivity index (χ0v) is 20.1. The van der Waals surface area contributed by atoms with Crippen LogP contribution in [0.2, 0.25) is 0 Å². The van der Waals surface area contributed by atoms with Gasteiger partial charge in [0, 0.05) is 17.7 Å². The Balaban J connectivity index is 1.82. The van der Waals surface area contributed by atoms with Crippen LogP contribution in [0.1, 0.15) is 35.2 Å². The van der Waals surface area contributed by atoms with E-state index in [1.54, 1.807) is 64.7 Å². The van der Waals surface area contributed by atoms with Gasteiger partial charge >= 0.3 is 5.97 Å². The van der Waals surface area contributed by atoms with Crippen molar-refractivity contribution in [1.29, 1.82) is 0 Å². The van der Waals surface area contributed by atoms with Gasteiger partial charge in [-0.2, -0.15) is 0 Å². The first-order chi connectivity index (χ1) is 16.4. The third kappa shape index (κ3) is 5.44. The van der Waals surface area contributed by atoms with Crippen LogP contribution >= 0.6 is 0 Å². The second kappa shape index (κ2) is 11.4. The smallest absolute Gasteiger partial charge is 0.314 e. The van der Waals surface area contributed by atoms with Crippen LogP contribution in [0.3, 0.4) is 0 Å². The van der Waals surface area contributed by atoms with E-state index in [0.717, 1.165) is 0 Å². The molecular weight excluding hydrogens is 438 g/mol. The predicted octanol–water partition coefficient (Wildman–Crippen LogP) is 3.74. The standard InChI is InChI=1S/C26H31NO7/c1-6-34-26(29)24(21-14-18(30-2)10-12-22(21)32-4)16-7-8-17(13-16)27-25(28)20-11-9-19(31-3)15-23(20)33-5/h7-12,14-17,24H,6,13H2,1-5H3,(H,27,28). The number of ether oxygens (including phenoxy) is 5. The van der Waals surface area contributed by atoms with Crippen molar-refractivity contribution in [2.24, 2.45) is 5.92 Å². The Bertz CT molecular complexity index is 1050. The van der Waals surface area contributed by atoms with Crippen molar-refractivity contribution in [2.45, 2.75) is 25.3 Å². The van der Waals surface area contributed by atoms with Gasteiger partial charge in [-0.15, -0.1) is 0 Å². The van der Waals surface area contributed by atoms with Gasteiger partial charge in [0.05, 0.1) is 46.5 Å². The summed E-state index contributed by atoms with van der Waals surface area (Å²) in [4.78, 5) is 26.0. The Labute approximate surface area is 199 Å². The second-order valence-electron chi connectivity index (χ2n) is 7.77. The van der Waals surface area contributed by atoms with E-state index in [0.29, 0.717) is 40.5 Å². The number of esters is 1. The Hall–Kier alpha value is -3.68. The van der Waals surface area contributed by atoms with Gasteiger partial charge in [0.1, 0.15) is 23.0 Å². The lowest BCUT2D eigenvalue weighted by Gasteiger charge is -2.24. The van der Waals surface area contributed by atoms with E-state index in [1.165, 1.54) is 7.11 Å². The van der Waals surface area contributed by atoms with Crippen LogP contribution in [-0.2, 0) is 9.53 Å². The lowest BCUT2D eigenvalue weighted by molar-refractivity contribution is -0.146. The lowest BCUT2D eigenvalue weighted by atomic mass is 9.84. The minimum Gasteiger partial charge on any atom is -0.497 e. The molecule has 0 aromatic heterocycles. The van der Waals surface area contributed by atoms with Gasteiger partial charge in [0.2, 0.25) is 0 Å². The molecule has 1 aliphatic rings. The molecule has 182 valence electrons. The molecule has 1 N–H and O–H groups in total. The van der Waals surface area contributed by atoms with Crippen molar-refractivity contribution in [3.05, 3.63) is 59.7 Å². The van der Waals surface area contributed by atoms with Crippen molar-refractivity contribution in [2.75, 3.05) is 35.0 Å². The number of rotatable bonds is 10. The molecule has 1 amide bonds. The largest absolute Gasteiger partial charge is 0.497 e. The van der Waals surface area contributed by atoms with Crippen LogP contribution in [0.25, 0.3) is 0 Å². The molecule has 0 spiro atoms. The molecule has 0 saturated heterocycles. The molecule has 0 fully saturated rings. The van der Waals surface area contributed by atoms with E-state index in [2.05, 4.69) is 5.32 Å². The average Bonchev–Trinajstić information content (AvgIpc) is 3.31. The highest BCUT2D eigenvalue weighted by molar-refractivity contribution is 5.97. The summed E-state index contributed by atoms with van der Waals surface area (Å²) in [5.74, 6) is 0.751. The molecule has 0 saturated carbocycles. The number of hydrogen-bond acceptors (Lipinski definition) is 7. The number of nitrogens with one attached hydrogen (secondary N) is 1. The third-order valence-corrected chi connectivity index (χ3v) is 5.83. The minimum absolute atomic E-state index is 0.205. The number of carbonyl (C=O) groups is 2. The molecule has 8 heteroatoms. The molecule has 2 aromatic rings. The summed E-state index contributed by atoms with van der Waals surface area (Å²) in [6.45, 7) is 2.03. The van der Waals surface area contributed by atoms with Gasteiger partial charge in [-0.25, -0.2) is 0 Å². The van der Waals surface area contributed by atoms with Gasteiger partial charge in [-0.1, -0.05) is 12.2 Å². The molecule has 34 heavy (non-hydrogen) atoms. The van der Waals surface area contributed by atoms with Crippen LogP contribution < -0.4 is 24.3 Å². The van der Waals surface area contributed by atoms with Gasteiger partial charge in [0.25, 0.3) is 5.91 Å². The predicted molar refractivity (Wildman–Crippen MR) is 127 cm³/mol. The minimum atomic E-state index is -0.612. The first-order valence-corrected chi connectivity index (χ1v) is 11.0. The molecule has 3 unspecified atom stereocenters. The topological polar surface area (TPSA) is 92.3 Å². The molecule has 3 rings (SSSR count). The van der Waals surface area contributed by atoms with Crippen LogP contribution in [0.4, 0.5) is 0 Å². The molecule has 2 aromatic carbocycles. The summed E-state index contributed by atoms with van der Waals surface area (Å²) >= 11 is 0. The van der Waals surface area contributed by atoms with Crippen LogP contribution in [0, 0.1) is 5.92 Å². The third-order valence-electron chi connectivity index (χ3n) is 5.83. The maximum Gasteiger partial charge on any atom is 0.314 e. The molecule has 8 nitrogen and oxygen atoms in total. The van der Waals surface area contributed by atoms with E-state index in [4.69, 9.17) is 23.7 Å². The van der Waals surface area contributed by atoms with Crippen molar-refractivity contribution in [3.63, 3.8) is 0 Å². The summed E-state index contributed by atoms with van der Waals surface area (Å²) < 4.78 is 26.8. The van der Waals surface area contributed by atoms with Crippen molar-refractivity contribution in [1.82, 2.24) is 5.32 Å². The number of methoxy groups -OCH3 is 4. The molecule has 0 aliphatic heterocycles. The number of carbonyl (C=O) groups excluding carboxylic acids is 2. The first kappa shape index (κ1) is 25.0.